The van der Waals surface area contributed by atoms with Gasteiger partial charge in [-0.1, -0.05) is 24.3 Å². The van der Waals surface area contributed by atoms with Crippen molar-refractivity contribution < 1.29 is 36.6 Å². The fraction of sp³-hybridized carbons (Fsp3) is 0.500. The van der Waals surface area contributed by atoms with Crippen molar-refractivity contribution in [2.24, 2.45) is 5.92 Å². The van der Waals surface area contributed by atoms with Gasteiger partial charge in [-0.2, -0.15) is 0 Å². The molecule has 9 nitrogen and oxygen atoms in total. The highest BCUT2D eigenvalue weighted by atomic mass is 32.2. The summed E-state index contributed by atoms with van der Waals surface area (Å²) in [5.74, 6) is -3.39. The van der Waals surface area contributed by atoms with E-state index in [1.165, 1.54) is 6.07 Å². The summed E-state index contributed by atoms with van der Waals surface area (Å²) in [6.07, 6.45) is 4.50. The van der Waals surface area contributed by atoms with Crippen molar-refractivity contribution in [2.75, 3.05) is 24.2 Å². The topological polar surface area (TPSA) is 126 Å². The molecule has 1 aromatic carbocycles. The molecule has 35 heavy (non-hydrogen) atoms. The first-order chi connectivity index (χ1) is 16.5. The molecule has 0 unspecified atom stereocenters. The number of anilines is 1. The molecule has 0 atom stereocenters. The molecular formula is C22H27F2N3O6S2. The van der Waals surface area contributed by atoms with Gasteiger partial charge in [-0.25, -0.2) is 27.0 Å². The second-order valence-corrected chi connectivity index (χ2v) is 11.7. The highest BCUT2D eigenvalue weighted by Gasteiger charge is 2.29. The van der Waals surface area contributed by atoms with Gasteiger partial charge >= 0.3 is 12.0 Å². The van der Waals surface area contributed by atoms with E-state index in [-0.39, 0.29) is 40.7 Å². The van der Waals surface area contributed by atoms with Crippen LogP contribution in [0.25, 0.3) is 0 Å². The van der Waals surface area contributed by atoms with Gasteiger partial charge in [-0.15, -0.1) is 0 Å². The third-order valence-corrected chi connectivity index (χ3v) is 8.82. The minimum atomic E-state index is -4.05. The molecule has 2 N–H and O–H groups in total. The summed E-state index contributed by atoms with van der Waals surface area (Å²) in [6, 6.07) is 2.67. The molecule has 0 spiro atoms. The third-order valence-electron chi connectivity index (χ3n) is 5.75. The predicted molar refractivity (Wildman–Crippen MR) is 125 cm³/mol. The number of aliphatic carboxylic acids is 1. The fourth-order valence-electron chi connectivity index (χ4n) is 3.85. The van der Waals surface area contributed by atoms with Crippen LogP contribution in [-0.2, 0) is 26.0 Å². The Balaban J connectivity index is 1.64. The number of nitrogens with one attached hydrogen (secondary N) is 1. The standard InChI is InChI=1S/C22H27F2N3O6S2/c1-14-2-6-17(7-3-14)27(8-9-33-12-15-4-5-16(23)10-18(15)24)22(30)26-21-25-11-20(34-21)35(31,32)13-19(28)29/h4-5,10-11,14,17H,2-3,6-9,12-13H2,1H3,(H,28,29)(H,25,26,30)/t14-,17-. The van der Waals surface area contributed by atoms with Gasteiger partial charge in [0.1, 0.15) is 15.8 Å². The summed E-state index contributed by atoms with van der Waals surface area (Å²) < 4.78 is 56.3. The first-order valence-electron chi connectivity index (χ1n) is 11.0. The lowest BCUT2D eigenvalue weighted by Gasteiger charge is -2.36. The molecule has 0 aliphatic heterocycles. The largest absolute Gasteiger partial charge is 0.480 e. The van der Waals surface area contributed by atoms with Crippen molar-refractivity contribution in [1.29, 1.82) is 0 Å². The molecule has 0 radical (unpaired) electrons. The highest BCUT2D eigenvalue weighted by Crippen LogP contribution is 2.29. The molecule has 0 saturated heterocycles. The predicted octanol–water partition coefficient (Wildman–Crippen LogP) is 3.91. The summed E-state index contributed by atoms with van der Waals surface area (Å²) in [5.41, 5.74) is 0.201. The molecule has 2 aromatic rings. The van der Waals surface area contributed by atoms with Crippen LogP contribution in [0.3, 0.4) is 0 Å². The Morgan fingerprint density at radius 3 is 2.63 bits per heavy atom. The van der Waals surface area contributed by atoms with E-state index in [1.807, 2.05) is 0 Å². The number of hydrogen-bond acceptors (Lipinski definition) is 7. The number of carboxylic acid groups (broad SMARTS) is 1. The Hall–Kier alpha value is -2.64. The molecular weight excluding hydrogens is 504 g/mol. The lowest BCUT2D eigenvalue weighted by molar-refractivity contribution is -0.134. The molecule has 2 amide bonds. The molecule has 1 aliphatic carbocycles. The Bertz CT molecular complexity index is 1150. The molecule has 1 aromatic heterocycles. The number of carbonyl (C=O) groups is 2. The Morgan fingerprint density at radius 1 is 1.26 bits per heavy atom. The normalized spacial score (nSPS) is 18.3. The van der Waals surface area contributed by atoms with Gasteiger partial charge in [0.05, 0.1) is 19.4 Å². The van der Waals surface area contributed by atoms with Crippen LogP contribution in [0, 0.1) is 17.6 Å². The number of thiazole rings is 1. The maximum absolute atomic E-state index is 13.8. The second-order valence-electron chi connectivity index (χ2n) is 8.46. The average molecular weight is 532 g/mol. The van der Waals surface area contributed by atoms with Crippen molar-refractivity contribution in [3.05, 3.63) is 41.6 Å². The first-order valence-corrected chi connectivity index (χ1v) is 13.5. The molecule has 1 fully saturated rings. The molecule has 192 valence electrons. The Kier molecular flexibility index (Phi) is 9.14. The Morgan fingerprint density at radius 2 is 1.97 bits per heavy atom. The van der Waals surface area contributed by atoms with E-state index < -0.39 is 39.2 Å². The number of rotatable bonds is 10. The number of ether oxygens (including phenoxy) is 1. The third kappa shape index (κ3) is 7.67. The maximum Gasteiger partial charge on any atom is 0.323 e. The van der Waals surface area contributed by atoms with Crippen LogP contribution in [0.4, 0.5) is 18.7 Å². The fourth-order valence-corrected chi connectivity index (χ4v) is 5.99. The van der Waals surface area contributed by atoms with Crippen molar-refractivity contribution in [1.82, 2.24) is 9.88 Å². The number of urea groups is 1. The van der Waals surface area contributed by atoms with Crippen LogP contribution in [-0.4, -0.2) is 60.4 Å². The van der Waals surface area contributed by atoms with Gasteiger partial charge in [0.2, 0.25) is 0 Å². The van der Waals surface area contributed by atoms with E-state index in [1.54, 1.807) is 4.90 Å². The summed E-state index contributed by atoms with van der Waals surface area (Å²) >= 11 is 0.678. The van der Waals surface area contributed by atoms with E-state index >= 15 is 0 Å². The smallest absolute Gasteiger partial charge is 0.323 e. The van der Waals surface area contributed by atoms with Gasteiger partial charge in [0.25, 0.3) is 0 Å². The van der Waals surface area contributed by atoms with Crippen molar-refractivity contribution in [2.45, 2.75) is 49.5 Å². The average Bonchev–Trinajstić information content (AvgIpc) is 3.24. The zero-order valence-electron chi connectivity index (χ0n) is 19.1. The minimum Gasteiger partial charge on any atom is -0.480 e. The zero-order valence-corrected chi connectivity index (χ0v) is 20.7. The number of carboxylic acids is 1. The molecule has 1 heterocycles. The summed E-state index contributed by atoms with van der Waals surface area (Å²) in [5, 5.41) is 11.4. The number of hydrogen-bond donors (Lipinski definition) is 2. The number of amides is 2. The number of aromatic nitrogens is 1. The van der Waals surface area contributed by atoms with Gasteiger partial charge in [-0.05, 0) is 37.7 Å². The first kappa shape index (κ1) is 27.0. The van der Waals surface area contributed by atoms with E-state index in [0.29, 0.717) is 17.3 Å². The van der Waals surface area contributed by atoms with Crippen LogP contribution in [0.5, 0.6) is 0 Å². The number of benzene rings is 1. The monoisotopic (exact) mass is 531 g/mol. The van der Waals surface area contributed by atoms with Gasteiger partial charge in [-0.3, -0.25) is 10.1 Å². The van der Waals surface area contributed by atoms with Crippen molar-refractivity contribution >= 4 is 38.3 Å². The molecule has 13 heteroatoms. The van der Waals surface area contributed by atoms with E-state index in [9.17, 15) is 26.8 Å². The summed E-state index contributed by atoms with van der Waals surface area (Å²) in [6.45, 7) is 2.37. The summed E-state index contributed by atoms with van der Waals surface area (Å²) in [7, 11) is -4.05. The number of halogens is 2. The van der Waals surface area contributed by atoms with Crippen molar-refractivity contribution in [3.63, 3.8) is 0 Å². The molecule has 3 rings (SSSR count). The lowest BCUT2D eigenvalue weighted by atomic mass is 9.86. The minimum absolute atomic E-state index is 0.0300. The van der Waals surface area contributed by atoms with Crippen LogP contribution in [0.1, 0.15) is 38.2 Å². The second kappa shape index (κ2) is 11.9. The summed E-state index contributed by atoms with van der Waals surface area (Å²) in [4.78, 5) is 29.4. The van der Waals surface area contributed by atoms with Crippen molar-refractivity contribution in [3.8, 4) is 0 Å². The molecule has 1 aliphatic rings. The quantitative estimate of drug-likeness (QED) is 0.445. The maximum atomic E-state index is 13.8. The van der Waals surface area contributed by atoms with Gasteiger partial charge in [0.15, 0.2) is 20.7 Å². The van der Waals surface area contributed by atoms with Crippen LogP contribution < -0.4 is 5.32 Å². The van der Waals surface area contributed by atoms with E-state index in [0.717, 1.165) is 44.0 Å². The number of carbonyl (C=O) groups excluding carboxylic acids is 1. The SMILES string of the molecule is C[C@H]1CC[C@H](N(CCOCc2ccc(F)cc2F)C(=O)Nc2ncc(S(=O)(=O)CC(=O)O)s2)CC1. The molecule has 1 saturated carbocycles. The highest BCUT2D eigenvalue weighted by molar-refractivity contribution is 7.94. The van der Waals surface area contributed by atoms with Gasteiger partial charge < -0.3 is 14.7 Å². The number of nitrogens with zero attached hydrogens (tertiary/aromatic N) is 2. The van der Waals surface area contributed by atoms with E-state index in [4.69, 9.17) is 9.84 Å². The zero-order chi connectivity index (χ0) is 25.6. The van der Waals surface area contributed by atoms with E-state index in [2.05, 4.69) is 17.2 Å². The lowest BCUT2D eigenvalue weighted by Crippen LogP contribution is -2.46. The van der Waals surface area contributed by atoms with Crippen LogP contribution in [0.2, 0.25) is 0 Å². The number of sulfone groups is 1. The van der Waals surface area contributed by atoms with Gasteiger partial charge in [0, 0.05) is 24.2 Å². The molecule has 0 bridgehead atoms. The van der Waals surface area contributed by atoms with Crippen LogP contribution in [0.15, 0.2) is 28.6 Å². The van der Waals surface area contributed by atoms with Crippen LogP contribution >= 0.6 is 11.3 Å². The Labute approximate surface area is 206 Å².